The Bertz CT molecular complexity index is 876. The molecule has 25 heavy (non-hydrogen) atoms. The maximum absolute atomic E-state index is 12.6. The van der Waals surface area contributed by atoms with Crippen molar-refractivity contribution in [1.82, 2.24) is 20.2 Å². The van der Waals surface area contributed by atoms with Crippen molar-refractivity contribution in [2.24, 2.45) is 0 Å². The van der Waals surface area contributed by atoms with Crippen molar-refractivity contribution in [2.75, 3.05) is 12.3 Å². The van der Waals surface area contributed by atoms with E-state index in [1.165, 1.54) is 10.6 Å². The summed E-state index contributed by atoms with van der Waals surface area (Å²) >= 11 is 1.08. The molecule has 0 fully saturated rings. The summed E-state index contributed by atoms with van der Waals surface area (Å²) in [6.45, 7) is 7.65. The number of allylic oxidation sites excluding steroid dienone is 1. The molecule has 1 heterocycles. The van der Waals surface area contributed by atoms with Crippen molar-refractivity contribution in [3.8, 4) is 0 Å². The van der Waals surface area contributed by atoms with Gasteiger partial charge in [-0.05, 0) is 12.1 Å². The fraction of sp³-hybridized carbons (Fsp3) is 0.176. The fourth-order valence-corrected chi connectivity index (χ4v) is 2.86. The molecular weight excluding hydrogens is 340 g/mol. The third-order valence-corrected chi connectivity index (χ3v) is 4.11. The summed E-state index contributed by atoms with van der Waals surface area (Å²) in [6, 6.07) is 6.40. The van der Waals surface area contributed by atoms with Gasteiger partial charge in [-0.3, -0.25) is 19.5 Å². The van der Waals surface area contributed by atoms with Gasteiger partial charge in [0.1, 0.15) is 0 Å². The monoisotopic (exact) mass is 358 g/mol. The van der Waals surface area contributed by atoms with Crippen LogP contribution in [0.5, 0.6) is 0 Å². The number of imide groups is 1. The largest absolute Gasteiger partial charge is 0.334 e. The van der Waals surface area contributed by atoms with Crippen molar-refractivity contribution in [3.05, 3.63) is 59.9 Å². The normalized spacial score (nSPS) is 10.2. The Labute approximate surface area is 148 Å². The van der Waals surface area contributed by atoms with Crippen LogP contribution in [0.4, 0.5) is 4.79 Å². The van der Waals surface area contributed by atoms with Gasteiger partial charge in [-0.15, -0.1) is 13.2 Å². The second kappa shape index (κ2) is 8.84. The Hall–Kier alpha value is -2.87. The Morgan fingerprint density at radius 1 is 1.24 bits per heavy atom. The molecule has 0 aliphatic carbocycles. The number of urea groups is 1. The Kier molecular flexibility index (Phi) is 6.53. The topological polar surface area (TPSA) is 93.1 Å². The Morgan fingerprint density at radius 2 is 2.00 bits per heavy atom. The van der Waals surface area contributed by atoms with Crippen LogP contribution in [0, 0.1) is 0 Å². The lowest BCUT2D eigenvalue weighted by atomic mass is 10.2. The molecule has 0 saturated heterocycles. The van der Waals surface area contributed by atoms with Gasteiger partial charge < -0.3 is 5.32 Å². The maximum atomic E-state index is 12.6. The molecule has 0 atom stereocenters. The summed E-state index contributed by atoms with van der Waals surface area (Å²) in [7, 11) is 0. The van der Waals surface area contributed by atoms with Crippen molar-refractivity contribution >= 4 is 34.6 Å². The minimum atomic E-state index is -0.597. The lowest BCUT2D eigenvalue weighted by molar-refractivity contribution is -0.117. The molecule has 2 rings (SSSR count). The van der Waals surface area contributed by atoms with Gasteiger partial charge in [0.05, 0.1) is 16.7 Å². The first-order valence-electron chi connectivity index (χ1n) is 7.48. The van der Waals surface area contributed by atoms with Crippen LogP contribution >= 0.6 is 11.8 Å². The summed E-state index contributed by atoms with van der Waals surface area (Å²) in [5, 5.41) is 5.53. The third kappa shape index (κ3) is 4.80. The SMILES string of the molecule is C=CCNC(=O)NC(=O)CSc1nc2ccccc2c(=O)n1CC=C. The third-order valence-electron chi connectivity index (χ3n) is 3.13. The number of nitrogens with one attached hydrogen (secondary N) is 2. The number of nitrogens with zero attached hydrogens (tertiary/aromatic N) is 2. The Balaban J connectivity index is 2.17. The zero-order chi connectivity index (χ0) is 18.2. The van der Waals surface area contributed by atoms with E-state index in [1.807, 2.05) is 0 Å². The van der Waals surface area contributed by atoms with E-state index in [1.54, 1.807) is 30.3 Å². The molecule has 1 aromatic carbocycles. The highest BCUT2D eigenvalue weighted by molar-refractivity contribution is 7.99. The molecule has 0 radical (unpaired) electrons. The van der Waals surface area contributed by atoms with E-state index in [4.69, 9.17) is 0 Å². The van der Waals surface area contributed by atoms with Crippen LogP contribution in [0.15, 0.2) is 59.5 Å². The molecule has 8 heteroatoms. The molecule has 7 nitrogen and oxygen atoms in total. The van der Waals surface area contributed by atoms with Gasteiger partial charge in [0.25, 0.3) is 5.56 Å². The predicted octanol–water partition coefficient (Wildman–Crippen LogP) is 1.69. The molecule has 130 valence electrons. The van der Waals surface area contributed by atoms with E-state index >= 15 is 0 Å². The molecule has 1 aromatic heterocycles. The standard InChI is InChI=1S/C17H18N4O3S/c1-3-9-18-16(24)20-14(22)11-25-17-19-13-8-6-5-7-12(13)15(23)21(17)10-4-2/h3-8H,1-2,9-11H2,(H2,18,20,22,24). The molecule has 0 aliphatic heterocycles. The molecule has 3 amide bonds. The van der Waals surface area contributed by atoms with Crippen LogP contribution in [0.3, 0.4) is 0 Å². The average molecular weight is 358 g/mol. The van der Waals surface area contributed by atoms with Crippen LogP contribution in [-0.2, 0) is 11.3 Å². The number of aromatic nitrogens is 2. The second-order valence-electron chi connectivity index (χ2n) is 4.95. The van der Waals surface area contributed by atoms with Gasteiger partial charge in [-0.2, -0.15) is 0 Å². The van der Waals surface area contributed by atoms with Gasteiger partial charge in [-0.1, -0.05) is 36.0 Å². The summed E-state index contributed by atoms with van der Waals surface area (Å²) in [5.74, 6) is -0.539. The van der Waals surface area contributed by atoms with Crippen molar-refractivity contribution in [3.63, 3.8) is 0 Å². The second-order valence-corrected chi connectivity index (χ2v) is 5.89. The first-order chi connectivity index (χ1) is 12.1. The minimum absolute atomic E-state index is 0.0522. The number of hydrogen-bond donors (Lipinski definition) is 2. The van der Waals surface area contributed by atoms with E-state index in [2.05, 4.69) is 28.8 Å². The van der Waals surface area contributed by atoms with Gasteiger partial charge in [0.15, 0.2) is 5.16 Å². The van der Waals surface area contributed by atoms with Crippen LogP contribution in [0.1, 0.15) is 0 Å². The average Bonchev–Trinajstić information content (AvgIpc) is 2.61. The molecule has 0 bridgehead atoms. The number of para-hydroxylation sites is 1. The Morgan fingerprint density at radius 3 is 2.72 bits per heavy atom. The number of benzene rings is 1. The lowest BCUT2D eigenvalue weighted by Crippen LogP contribution is -2.40. The molecule has 0 saturated carbocycles. The molecule has 2 aromatic rings. The quantitative estimate of drug-likeness (QED) is 0.446. The molecular formula is C17H18N4O3S. The minimum Gasteiger partial charge on any atom is -0.334 e. The summed E-state index contributed by atoms with van der Waals surface area (Å²) in [4.78, 5) is 40.3. The van der Waals surface area contributed by atoms with Crippen molar-refractivity contribution < 1.29 is 9.59 Å². The number of carbonyl (C=O) groups is 2. The first-order valence-corrected chi connectivity index (χ1v) is 8.47. The number of fused-ring (bicyclic) bond motifs is 1. The van der Waals surface area contributed by atoms with Crippen LogP contribution in [0.25, 0.3) is 10.9 Å². The highest BCUT2D eigenvalue weighted by Gasteiger charge is 2.13. The number of carbonyl (C=O) groups excluding carboxylic acids is 2. The van der Waals surface area contributed by atoms with Crippen LogP contribution < -0.4 is 16.2 Å². The van der Waals surface area contributed by atoms with Crippen molar-refractivity contribution in [2.45, 2.75) is 11.7 Å². The zero-order valence-corrected chi connectivity index (χ0v) is 14.3. The lowest BCUT2D eigenvalue weighted by Gasteiger charge is -2.11. The van der Waals surface area contributed by atoms with Gasteiger partial charge in [0.2, 0.25) is 5.91 Å². The first kappa shape index (κ1) is 18.5. The number of rotatable bonds is 7. The fourth-order valence-electron chi connectivity index (χ4n) is 2.05. The summed E-state index contributed by atoms with van der Waals surface area (Å²) < 4.78 is 1.45. The van der Waals surface area contributed by atoms with E-state index < -0.39 is 11.9 Å². The van der Waals surface area contributed by atoms with E-state index in [0.717, 1.165) is 11.8 Å². The van der Waals surface area contributed by atoms with E-state index in [-0.39, 0.29) is 24.4 Å². The van der Waals surface area contributed by atoms with Crippen LogP contribution in [0.2, 0.25) is 0 Å². The van der Waals surface area contributed by atoms with E-state index in [0.29, 0.717) is 16.1 Å². The van der Waals surface area contributed by atoms with E-state index in [9.17, 15) is 14.4 Å². The number of thioether (sulfide) groups is 1. The molecule has 0 spiro atoms. The smallest absolute Gasteiger partial charge is 0.321 e. The van der Waals surface area contributed by atoms with Crippen molar-refractivity contribution in [1.29, 1.82) is 0 Å². The van der Waals surface area contributed by atoms with Gasteiger partial charge in [-0.25, -0.2) is 9.78 Å². The predicted molar refractivity (Wildman–Crippen MR) is 98.7 cm³/mol. The summed E-state index contributed by atoms with van der Waals surface area (Å²) in [5.41, 5.74) is 0.358. The molecule has 0 unspecified atom stereocenters. The number of hydrogen-bond acceptors (Lipinski definition) is 5. The number of amides is 3. The molecule has 0 aliphatic rings. The van der Waals surface area contributed by atoms with Crippen LogP contribution in [-0.4, -0.2) is 33.8 Å². The highest BCUT2D eigenvalue weighted by Crippen LogP contribution is 2.17. The maximum Gasteiger partial charge on any atom is 0.321 e. The zero-order valence-electron chi connectivity index (χ0n) is 13.5. The van der Waals surface area contributed by atoms with Gasteiger partial charge in [0, 0.05) is 13.1 Å². The van der Waals surface area contributed by atoms with Gasteiger partial charge >= 0.3 is 6.03 Å². The highest BCUT2D eigenvalue weighted by atomic mass is 32.2. The summed E-state index contributed by atoms with van der Waals surface area (Å²) in [6.07, 6.45) is 3.09. The molecule has 2 N–H and O–H groups in total.